The molecule has 21 heavy (non-hydrogen) atoms. The maximum Gasteiger partial charge on any atom is 0.163 e. The Kier molecular flexibility index (Phi) is 3.59. The fourth-order valence-corrected chi connectivity index (χ4v) is 3.30. The molecule has 0 unspecified atom stereocenters. The molecule has 0 bridgehead atoms. The summed E-state index contributed by atoms with van der Waals surface area (Å²) in [5, 5.41) is 4.40. The highest BCUT2D eigenvalue weighted by molar-refractivity contribution is 7.18. The summed E-state index contributed by atoms with van der Waals surface area (Å²) in [7, 11) is 0. The van der Waals surface area contributed by atoms with Crippen LogP contribution in [0.5, 0.6) is 0 Å². The van der Waals surface area contributed by atoms with Gasteiger partial charge in [0.05, 0.1) is 5.39 Å². The number of benzene rings is 1. The molecule has 0 saturated carbocycles. The molecule has 0 radical (unpaired) electrons. The van der Waals surface area contributed by atoms with E-state index in [4.69, 9.17) is 0 Å². The zero-order valence-corrected chi connectivity index (χ0v) is 13.0. The molecule has 0 atom stereocenters. The van der Waals surface area contributed by atoms with Crippen molar-refractivity contribution in [3.8, 4) is 11.4 Å². The van der Waals surface area contributed by atoms with Crippen molar-refractivity contribution < 1.29 is 4.39 Å². The second-order valence-corrected chi connectivity index (χ2v) is 6.10. The van der Waals surface area contributed by atoms with Crippen LogP contribution in [0.25, 0.3) is 21.6 Å². The summed E-state index contributed by atoms with van der Waals surface area (Å²) in [6.07, 6.45) is 0. The van der Waals surface area contributed by atoms with Crippen molar-refractivity contribution >= 4 is 27.4 Å². The predicted octanol–water partition coefficient (Wildman–Crippen LogP) is 4.55. The van der Waals surface area contributed by atoms with Crippen LogP contribution in [0.2, 0.25) is 0 Å². The van der Waals surface area contributed by atoms with Crippen LogP contribution < -0.4 is 5.32 Å². The van der Waals surface area contributed by atoms with Crippen LogP contribution in [0.1, 0.15) is 17.4 Å². The first-order valence-electron chi connectivity index (χ1n) is 6.87. The van der Waals surface area contributed by atoms with Gasteiger partial charge in [-0.2, -0.15) is 0 Å². The van der Waals surface area contributed by atoms with E-state index in [1.807, 2.05) is 6.92 Å². The quantitative estimate of drug-likeness (QED) is 0.771. The third-order valence-electron chi connectivity index (χ3n) is 3.48. The lowest BCUT2D eigenvalue weighted by molar-refractivity contribution is 0.628. The summed E-state index contributed by atoms with van der Waals surface area (Å²) >= 11 is 1.67. The van der Waals surface area contributed by atoms with Gasteiger partial charge in [-0.3, -0.25) is 0 Å². The average Bonchev–Trinajstić information content (AvgIpc) is 2.75. The molecule has 0 aliphatic rings. The number of fused-ring (bicyclic) bond motifs is 1. The van der Waals surface area contributed by atoms with Gasteiger partial charge in [-0.1, -0.05) is 0 Å². The molecule has 3 aromatic rings. The molecule has 1 N–H and O–H groups in total. The highest BCUT2D eigenvalue weighted by Crippen LogP contribution is 2.34. The largest absolute Gasteiger partial charge is 0.370 e. The van der Waals surface area contributed by atoms with Gasteiger partial charge in [0.15, 0.2) is 5.82 Å². The number of rotatable bonds is 3. The molecule has 108 valence electrons. The molecule has 2 heterocycles. The van der Waals surface area contributed by atoms with Gasteiger partial charge in [0.1, 0.15) is 16.5 Å². The van der Waals surface area contributed by atoms with Gasteiger partial charge in [-0.15, -0.1) is 11.3 Å². The van der Waals surface area contributed by atoms with E-state index in [2.05, 4.69) is 29.1 Å². The van der Waals surface area contributed by atoms with Gasteiger partial charge in [0, 0.05) is 17.0 Å². The van der Waals surface area contributed by atoms with Crippen molar-refractivity contribution in [3.63, 3.8) is 0 Å². The van der Waals surface area contributed by atoms with E-state index >= 15 is 0 Å². The van der Waals surface area contributed by atoms with Gasteiger partial charge in [0.2, 0.25) is 0 Å². The second kappa shape index (κ2) is 5.41. The molecular formula is C16H16FN3S. The Morgan fingerprint density at radius 1 is 1.14 bits per heavy atom. The summed E-state index contributed by atoms with van der Waals surface area (Å²) in [6, 6.07) is 6.28. The van der Waals surface area contributed by atoms with Crippen LogP contribution in [0, 0.1) is 19.7 Å². The number of aromatic nitrogens is 2. The zero-order valence-electron chi connectivity index (χ0n) is 12.2. The highest BCUT2D eigenvalue weighted by Gasteiger charge is 2.15. The first kappa shape index (κ1) is 13.9. The van der Waals surface area contributed by atoms with Crippen molar-refractivity contribution in [2.75, 3.05) is 11.9 Å². The topological polar surface area (TPSA) is 37.8 Å². The number of anilines is 1. The Labute approximate surface area is 126 Å². The molecule has 1 aromatic carbocycles. The zero-order chi connectivity index (χ0) is 15.0. The molecule has 3 rings (SSSR count). The van der Waals surface area contributed by atoms with Crippen LogP contribution in [0.15, 0.2) is 24.3 Å². The number of nitrogens with one attached hydrogen (secondary N) is 1. The molecular weight excluding hydrogens is 285 g/mol. The van der Waals surface area contributed by atoms with Crippen LogP contribution in [0.4, 0.5) is 10.2 Å². The normalized spacial score (nSPS) is 11.0. The van der Waals surface area contributed by atoms with Crippen LogP contribution in [-0.2, 0) is 0 Å². The molecule has 0 amide bonds. The van der Waals surface area contributed by atoms with E-state index in [9.17, 15) is 4.39 Å². The predicted molar refractivity (Wildman–Crippen MR) is 86.4 cm³/mol. The molecule has 5 heteroatoms. The third kappa shape index (κ3) is 2.49. The van der Waals surface area contributed by atoms with Gasteiger partial charge in [0.25, 0.3) is 0 Å². The van der Waals surface area contributed by atoms with Crippen molar-refractivity contribution in [2.45, 2.75) is 20.8 Å². The Balaban J connectivity index is 2.23. The number of nitrogens with zero attached hydrogens (tertiary/aromatic N) is 2. The molecule has 0 aliphatic carbocycles. The highest BCUT2D eigenvalue weighted by atomic mass is 32.1. The van der Waals surface area contributed by atoms with E-state index in [1.54, 1.807) is 23.5 Å². The van der Waals surface area contributed by atoms with E-state index in [0.29, 0.717) is 5.82 Å². The van der Waals surface area contributed by atoms with Gasteiger partial charge >= 0.3 is 0 Å². The number of hydrogen-bond donors (Lipinski definition) is 1. The van der Waals surface area contributed by atoms with Gasteiger partial charge in [-0.05, 0) is 50.6 Å². The fraction of sp³-hybridized carbons (Fsp3) is 0.250. The standard InChI is InChI=1S/C16H16FN3S/c1-4-18-15-13-9(2)10(3)21-16(13)20-14(19-15)11-5-7-12(17)8-6-11/h5-8H,4H2,1-3H3,(H,18,19,20). The van der Waals surface area contributed by atoms with Gasteiger partial charge in [-0.25, -0.2) is 14.4 Å². The number of thiophene rings is 1. The minimum Gasteiger partial charge on any atom is -0.370 e. The van der Waals surface area contributed by atoms with E-state index in [1.165, 1.54) is 22.6 Å². The van der Waals surface area contributed by atoms with Crippen molar-refractivity contribution in [2.24, 2.45) is 0 Å². The SMILES string of the molecule is CCNc1nc(-c2ccc(F)cc2)nc2sc(C)c(C)c12. The fourth-order valence-electron chi connectivity index (χ4n) is 2.27. The third-order valence-corrected chi connectivity index (χ3v) is 4.58. The number of aryl methyl sites for hydroxylation is 2. The van der Waals surface area contributed by atoms with Crippen LogP contribution in [0.3, 0.4) is 0 Å². The van der Waals surface area contributed by atoms with Crippen LogP contribution >= 0.6 is 11.3 Å². The van der Waals surface area contributed by atoms with Crippen LogP contribution in [-0.4, -0.2) is 16.5 Å². The number of halogens is 1. The van der Waals surface area contributed by atoms with Crippen molar-refractivity contribution in [1.29, 1.82) is 0 Å². The van der Waals surface area contributed by atoms with Crippen molar-refractivity contribution in [1.82, 2.24) is 9.97 Å². The maximum atomic E-state index is 13.1. The summed E-state index contributed by atoms with van der Waals surface area (Å²) in [4.78, 5) is 11.5. The Hall–Kier alpha value is -2.01. The Bertz CT molecular complexity index is 793. The van der Waals surface area contributed by atoms with E-state index in [-0.39, 0.29) is 5.82 Å². The van der Waals surface area contributed by atoms with Crippen molar-refractivity contribution in [3.05, 3.63) is 40.5 Å². The monoisotopic (exact) mass is 301 g/mol. The summed E-state index contributed by atoms with van der Waals surface area (Å²) in [5.41, 5.74) is 2.04. The minimum atomic E-state index is -0.255. The first-order chi connectivity index (χ1) is 10.1. The second-order valence-electron chi connectivity index (χ2n) is 4.90. The molecule has 3 nitrogen and oxygen atoms in total. The molecule has 0 fully saturated rings. The maximum absolute atomic E-state index is 13.1. The lowest BCUT2D eigenvalue weighted by Gasteiger charge is -2.08. The first-order valence-corrected chi connectivity index (χ1v) is 7.69. The minimum absolute atomic E-state index is 0.255. The molecule has 0 spiro atoms. The van der Waals surface area contributed by atoms with Gasteiger partial charge < -0.3 is 5.32 Å². The number of hydrogen-bond acceptors (Lipinski definition) is 4. The van der Waals surface area contributed by atoms with E-state index < -0.39 is 0 Å². The lowest BCUT2D eigenvalue weighted by atomic mass is 10.2. The summed E-state index contributed by atoms with van der Waals surface area (Å²) in [6.45, 7) is 7.02. The smallest absolute Gasteiger partial charge is 0.163 e. The summed E-state index contributed by atoms with van der Waals surface area (Å²) in [5.74, 6) is 1.22. The average molecular weight is 301 g/mol. The summed E-state index contributed by atoms with van der Waals surface area (Å²) < 4.78 is 13.1. The molecule has 0 saturated heterocycles. The molecule has 0 aliphatic heterocycles. The lowest BCUT2D eigenvalue weighted by Crippen LogP contribution is -2.02. The Morgan fingerprint density at radius 3 is 2.52 bits per heavy atom. The molecule has 2 aromatic heterocycles. The Morgan fingerprint density at radius 2 is 1.86 bits per heavy atom. The van der Waals surface area contributed by atoms with E-state index in [0.717, 1.165) is 28.1 Å².